The number of benzene rings is 3. The minimum Gasteiger partial charge on any atom is -0.454 e. The molecule has 0 fully saturated rings. The van der Waals surface area contributed by atoms with Gasteiger partial charge < -0.3 is 10.1 Å². The number of anilines is 1. The topological polar surface area (TPSA) is 102 Å². The first-order valence-electron chi connectivity index (χ1n) is 10.7. The van der Waals surface area contributed by atoms with E-state index in [1.54, 1.807) is 12.1 Å². The van der Waals surface area contributed by atoms with Crippen LogP contribution in [0.2, 0.25) is 5.02 Å². The Morgan fingerprint density at radius 2 is 1.57 bits per heavy atom. The van der Waals surface area contributed by atoms with Gasteiger partial charge in [0, 0.05) is 10.7 Å². The summed E-state index contributed by atoms with van der Waals surface area (Å²) in [6.45, 7) is -0.544. The van der Waals surface area contributed by atoms with Crippen molar-refractivity contribution in [3.63, 3.8) is 0 Å². The Morgan fingerprint density at radius 1 is 0.943 bits per heavy atom. The van der Waals surface area contributed by atoms with E-state index in [4.69, 9.17) is 16.3 Å². The summed E-state index contributed by atoms with van der Waals surface area (Å²) in [5.41, 5.74) is 2.60. The highest BCUT2D eigenvalue weighted by molar-refractivity contribution is 7.98. The molecule has 35 heavy (non-hydrogen) atoms. The summed E-state index contributed by atoms with van der Waals surface area (Å²) in [6.07, 6.45) is 2.04. The van der Waals surface area contributed by atoms with Crippen molar-refractivity contribution in [3.8, 4) is 11.1 Å². The molecule has 0 aliphatic rings. The second-order valence-electron chi connectivity index (χ2n) is 7.51. The molecule has 2 N–H and O–H groups in total. The Balaban J connectivity index is 1.57. The zero-order valence-corrected chi connectivity index (χ0v) is 21.3. The Kier molecular flexibility index (Phi) is 9.73. The van der Waals surface area contributed by atoms with E-state index in [1.165, 1.54) is 36.0 Å². The largest absolute Gasteiger partial charge is 0.454 e. The van der Waals surface area contributed by atoms with Crippen molar-refractivity contribution in [2.24, 2.45) is 0 Å². The quantitative estimate of drug-likeness (QED) is 0.350. The molecular weight excluding hydrogens is 508 g/mol. The third kappa shape index (κ3) is 8.10. The molecule has 0 aliphatic heterocycles. The van der Waals surface area contributed by atoms with Gasteiger partial charge in [-0.15, -0.1) is 0 Å². The number of carbonyl (C=O) groups is 2. The zero-order chi connectivity index (χ0) is 25.3. The lowest BCUT2D eigenvalue weighted by molar-refractivity contribution is -0.149. The summed E-state index contributed by atoms with van der Waals surface area (Å²) >= 11 is 7.28. The first-order valence-corrected chi connectivity index (χ1v) is 13.9. The molecule has 3 aromatic carbocycles. The minimum atomic E-state index is -3.99. The van der Waals surface area contributed by atoms with E-state index in [0.29, 0.717) is 16.5 Å². The van der Waals surface area contributed by atoms with Gasteiger partial charge in [-0.1, -0.05) is 54.1 Å². The number of hydrogen-bond acceptors (Lipinski definition) is 6. The average molecular weight is 533 g/mol. The van der Waals surface area contributed by atoms with Crippen molar-refractivity contribution in [3.05, 3.63) is 83.9 Å². The van der Waals surface area contributed by atoms with E-state index >= 15 is 0 Å². The van der Waals surface area contributed by atoms with Crippen LogP contribution in [-0.2, 0) is 24.3 Å². The molecule has 1 amide bonds. The van der Waals surface area contributed by atoms with Crippen LogP contribution in [0.1, 0.15) is 6.42 Å². The molecule has 3 aromatic rings. The molecule has 0 radical (unpaired) electrons. The molecular formula is C25H25ClN2O5S2. The van der Waals surface area contributed by atoms with E-state index in [0.717, 1.165) is 11.1 Å². The van der Waals surface area contributed by atoms with Crippen LogP contribution in [-0.4, -0.2) is 45.0 Å². The van der Waals surface area contributed by atoms with Crippen LogP contribution in [0.25, 0.3) is 11.1 Å². The van der Waals surface area contributed by atoms with Crippen LogP contribution in [0.3, 0.4) is 0 Å². The fourth-order valence-electron chi connectivity index (χ4n) is 3.14. The second kappa shape index (κ2) is 12.7. The number of amides is 1. The van der Waals surface area contributed by atoms with Crippen LogP contribution in [0.15, 0.2) is 83.8 Å². The highest BCUT2D eigenvalue weighted by Crippen LogP contribution is 2.21. The third-order valence-electron chi connectivity index (χ3n) is 4.94. The summed E-state index contributed by atoms with van der Waals surface area (Å²) in [4.78, 5) is 24.9. The Labute approximate surface area is 214 Å². The van der Waals surface area contributed by atoms with Crippen molar-refractivity contribution in [1.82, 2.24) is 4.72 Å². The van der Waals surface area contributed by atoms with E-state index in [-0.39, 0.29) is 11.3 Å². The number of nitrogens with one attached hydrogen (secondary N) is 2. The summed E-state index contributed by atoms with van der Waals surface area (Å²) in [5.74, 6) is -0.843. The highest BCUT2D eigenvalue weighted by atomic mass is 35.5. The molecule has 0 aliphatic carbocycles. The van der Waals surface area contributed by atoms with Gasteiger partial charge in [0.15, 0.2) is 6.61 Å². The fourth-order valence-corrected chi connectivity index (χ4v) is 4.96. The van der Waals surface area contributed by atoms with Gasteiger partial charge in [-0.25, -0.2) is 8.42 Å². The molecule has 0 aromatic heterocycles. The van der Waals surface area contributed by atoms with Gasteiger partial charge in [0.05, 0.1) is 4.90 Å². The predicted octanol–water partition coefficient (Wildman–Crippen LogP) is 4.59. The van der Waals surface area contributed by atoms with Crippen molar-refractivity contribution < 1.29 is 22.7 Å². The lowest BCUT2D eigenvalue weighted by atomic mass is 10.1. The van der Waals surface area contributed by atoms with E-state index in [2.05, 4.69) is 10.0 Å². The van der Waals surface area contributed by atoms with Gasteiger partial charge in [0.1, 0.15) is 6.04 Å². The van der Waals surface area contributed by atoms with Crippen molar-refractivity contribution in [1.29, 1.82) is 0 Å². The lowest BCUT2D eigenvalue weighted by Crippen LogP contribution is -2.43. The smallest absolute Gasteiger partial charge is 0.324 e. The number of rotatable bonds is 11. The van der Waals surface area contributed by atoms with Crippen LogP contribution in [0, 0.1) is 0 Å². The van der Waals surface area contributed by atoms with Crippen molar-refractivity contribution in [2.45, 2.75) is 17.4 Å². The minimum absolute atomic E-state index is 0.0273. The van der Waals surface area contributed by atoms with Crippen LogP contribution in [0.4, 0.5) is 5.69 Å². The molecule has 184 valence electrons. The van der Waals surface area contributed by atoms with Crippen molar-refractivity contribution in [2.75, 3.05) is 23.9 Å². The zero-order valence-electron chi connectivity index (χ0n) is 18.9. The molecule has 0 bridgehead atoms. The van der Waals surface area contributed by atoms with Gasteiger partial charge in [0.2, 0.25) is 10.0 Å². The molecule has 1 atom stereocenters. The summed E-state index contributed by atoms with van der Waals surface area (Å²) in [5, 5.41) is 3.06. The molecule has 7 nitrogen and oxygen atoms in total. The standard InChI is InChI=1S/C25H25ClN2O5S2/c1-34-16-15-23(28-35(31,32)22-13-9-20(26)10-14-22)25(30)33-17-24(29)27-21-11-7-19(8-12-21)18-5-3-2-4-6-18/h2-14,23,28H,15-17H2,1H3,(H,27,29)/t23-/m0/s1. The van der Waals surface area contributed by atoms with Gasteiger partial charge in [0.25, 0.3) is 5.91 Å². The van der Waals surface area contributed by atoms with Gasteiger partial charge in [-0.2, -0.15) is 16.5 Å². The number of thioether (sulfide) groups is 1. The maximum absolute atomic E-state index is 12.7. The van der Waals surface area contributed by atoms with Crippen LogP contribution in [0.5, 0.6) is 0 Å². The first-order chi connectivity index (χ1) is 16.8. The fraction of sp³-hybridized carbons (Fsp3) is 0.200. The van der Waals surface area contributed by atoms with Gasteiger partial charge in [-0.05, 0) is 66.0 Å². The molecule has 0 saturated carbocycles. The van der Waals surface area contributed by atoms with Crippen LogP contribution >= 0.6 is 23.4 Å². The molecule has 10 heteroatoms. The Morgan fingerprint density at radius 3 is 2.20 bits per heavy atom. The first kappa shape index (κ1) is 26.7. The maximum Gasteiger partial charge on any atom is 0.324 e. The number of hydrogen-bond donors (Lipinski definition) is 2. The number of esters is 1. The average Bonchev–Trinajstić information content (AvgIpc) is 2.86. The number of carbonyl (C=O) groups excluding carboxylic acids is 2. The predicted molar refractivity (Wildman–Crippen MR) is 140 cm³/mol. The number of halogens is 1. The third-order valence-corrected chi connectivity index (χ3v) is 7.32. The Bertz CT molecular complexity index is 1240. The van der Waals surface area contributed by atoms with E-state index < -0.39 is 34.5 Å². The lowest BCUT2D eigenvalue weighted by Gasteiger charge is -2.17. The highest BCUT2D eigenvalue weighted by Gasteiger charge is 2.27. The Hall–Kier alpha value is -2.85. The summed E-state index contributed by atoms with van der Waals surface area (Å²) < 4.78 is 32.9. The van der Waals surface area contributed by atoms with Crippen LogP contribution < -0.4 is 10.0 Å². The summed E-state index contributed by atoms with van der Waals surface area (Å²) in [7, 11) is -3.99. The second-order valence-corrected chi connectivity index (χ2v) is 10.6. The normalized spacial score (nSPS) is 12.1. The summed E-state index contributed by atoms with van der Waals surface area (Å²) in [6, 6.07) is 21.5. The number of sulfonamides is 1. The van der Waals surface area contributed by atoms with Gasteiger partial charge >= 0.3 is 5.97 Å². The number of ether oxygens (including phenoxy) is 1. The molecule has 3 rings (SSSR count). The SMILES string of the molecule is CSCC[C@H](NS(=O)(=O)c1ccc(Cl)cc1)C(=O)OCC(=O)Nc1ccc(-c2ccccc2)cc1. The monoisotopic (exact) mass is 532 g/mol. The van der Waals surface area contributed by atoms with Crippen molar-refractivity contribution >= 4 is 50.9 Å². The molecule has 0 spiro atoms. The molecule has 0 unspecified atom stereocenters. The van der Waals surface area contributed by atoms with E-state index in [1.807, 2.05) is 48.7 Å². The van der Waals surface area contributed by atoms with Gasteiger partial charge in [-0.3, -0.25) is 9.59 Å². The van der Waals surface area contributed by atoms with E-state index in [9.17, 15) is 18.0 Å². The molecule has 0 heterocycles. The molecule has 0 saturated heterocycles. The maximum atomic E-state index is 12.7.